The lowest BCUT2D eigenvalue weighted by Crippen LogP contribution is -2.49. The molecule has 0 aromatic heterocycles. The van der Waals surface area contributed by atoms with Gasteiger partial charge in [-0.25, -0.2) is 0 Å². The van der Waals surface area contributed by atoms with Crippen molar-refractivity contribution in [1.82, 2.24) is 0 Å². The van der Waals surface area contributed by atoms with Gasteiger partial charge in [0.2, 0.25) is 5.78 Å². The summed E-state index contributed by atoms with van der Waals surface area (Å²) in [6.45, 7) is 1.93. The minimum Gasteiger partial charge on any atom is -0.497 e. The smallest absolute Gasteiger partial charge is 0.322 e. The maximum atomic E-state index is 12.7. The molecule has 1 aliphatic carbocycles. The molecule has 0 unspecified atom stereocenters. The van der Waals surface area contributed by atoms with Gasteiger partial charge in [0.05, 0.1) is 20.3 Å². The normalized spacial score (nSPS) is 26.0. The van der Waals surface area contributed by atoms with E-state index in [-0.39, 0.29) is 6.42 Å². The lowest BCUT2D eigenvalue weighted by atomic mass is 9.70. The number of hydrogen-bond acceptors (Lipinski definition) is 5. The number of amides is 1. The van der Waals surface area contributed by atoms with Crippen molar-refractivity contribution in [3.63, 3.8) is 0 Å². The van der Waals surface area contributed by atoms with E-state index in [1.165, 1.54) is 12.0 Å². The number of ether oxygens (including phenoxy) is 2. The Kier molecular flexibility index (Phi) is 3.91. The molecule has 6 heteroatoms. The molecular formula is C18H19NO5. The van der Waals surface area contributed by atoms with Crippen molar-refractivity contribution >= 4 is 23.3 Å². The molecule has 1 aromatic carbocycles. The molecule has 1 amide bonds. The van der Waals surface area contributed by atoms with E-state index in [2.05, 4.69) is 0 Å². The van der Waals surface area contributed by atoms with Crippen molar-refractivity contribution in [3.8, 4) is 5.75 Å². The van der Waals surface area contributed by atoms with Crippen molar-refractivity contribution in [2.75, 3.05) is 19.1 Å². The molecule has 1 saturated heterocycles. The Balaban J connectivity index is 2.10. The van der Waals surface area contributed by atoms with Crippen LogP contribution in [0.2, 0.25) is 0 Å². The summed E-state index contributed by atoms with van der Waals surface area (Å²) in [7, 11) is 2.80. The third-order valence-electron chi connectivity index (χ3n) is 4.89. The highest BCUT2D eigenvalue weighted by molar-refractivity contribution is 6.49. The van der Waals surface area contributed by atoms with E-state index in [1.807, 2.05) is 13.0 Å². The van der Waals surface area contributed by atoms with Crippen LogP contribution in [0.15, 0.2) is 35.9 Å². The van der Waals surface area contributed by atoms with Gasteiger partial charge in [-0.15, -0.1) is 0 Å². The van der Waals surface area contributed by atoms with Gasteiger partial charge in [-0.05, 0) is 44.0 Å². The van der Waals surface area contributed by atoms with Crippen LogP contribution in [-0.2, 0) is 19.1 Å². The van der Waals surface area contributed by atoms with Crippen molar-refractivity contribution in [2.45, 2.75) is 25.8 Å². The highest BCUT2D eigenvalue weighted by Crippen LogP contribution is 2.47. The van der Waals surface area contributed by atoms with Gasteiger partial charge in [-0.3, -0.25) is 14.4 Å². The number of anilines is 1. The standard InChI is InChI=1S/C18H19NO5/c1-11-8-9-18(17(22)24-3)14(10-11)19(16(21)15(18)20)12-4-6-13(23-2)7-5-12/h4-8,14H,9-10H2,1-3H3/t14-,18-/m1/s1. The van der Waals surface area contributed by atoms with E-state index in [0.717, 1.165) is 5.57 Å². The van der Waals surface area contributed by atoms with Crippen molar-refractivity contribution < 1.29 is 23.9 Å². The lowest BCUT2D eigenvalue weighted by molar-refractivity contribution is -0.158. The van der Waals surface area contributed by atoms with Crippen LogP contribution in [0.3, 0.4) is 0 Å². The molecular weight excluding hydrogens is 310 g/mol. The fraction of sp³-hybridized carbons (Fsp3) is 0.389. The van der Waals surface area contributed by atoms with Gasteiger partial charge in [0, 0.05) is 5.69 Å². The zero-order chi connectivity index (χ0) is 17.5. The van der Waals surface area contributed by atoms with Crippen molar-refractivity contribution in [1.29, 1.82) is 0 Å². The van der Waals surface area contributed by atoms with Crippen LogP contribution in [-0.4, -0.2) is 37.9 Å². The number of carbonyl (C=O) groups excluding carboxylic acids is 3. The first-order chi connectivity index (χ1) is 11.5. The van der Waals surface area contributed by atoms with Gasteiger partial charge < -0.3 is 14.4 Å². The number of fused-ring (bicyclic) bond motifs is 1. The second kappa shape index (κ2) is 5.78. The molecule has 1 fully saturated rings. The zero-order valence-corrected chi connectivity index (χ0v) is 13.9. The molecule has 0 bridgehead atoms. The molecule has 1 aromatic rings. The zero-order valence-electron chi connectivity index (χ0n) is 13.9. The second-order valence-electron chi connectivity index (χ2n) is 6.14. The highest BCUT2D eigenvalue weighted by atomic mass is 16.5. The van der Waals surface area contributed by atoms with E-state index in [4.69, 9.17) is 9.47 Å². The predicted octanol–water partition coefficient (Wildman–Crippen LogP) is 1.88. The summed E-state index contributed by atoms with van der Waals surface area (Å²) in [6, 6.07) is 6.30. The van der Waals surface area contributed by atoms with E-state index in [0.29, 0.717) is 17.9 Å². The number of methoxy groups -OCH3 is 2. The largest absolute Gasteiger partial charge is 0.497 e. The predicted molar refractivity (Wildman–Crippen MR) is 86.7 cm³/mol. The number of nitrogens with zero attached hydrogens (tertiary/aromatic N) is 1. The second-order valence-corrected chi connectivity index (χ2v) is 6.14. The van der Waals surface area contributed by atoms with Crippen LogP contribution < -0.4 is 9.64 Å². The number of Topliss-reactive ketones (excluding diaryl/α,β-unsaturated/α-hetero) is 1. The topological polar surface area (TPSA) is 72.9 Å². The molecule has 126 valence electrons. The van der Waals surface area contributed by atoms with Gasteiger partial charge in [-0.1, -0.05) is 11.6 Å². The fourth-order valence-electron chi connectivity index (χ4n) is 3.57. The lowest BCUT2D eigenvalue weighted by Gasteiger charge is -2.36. The van der Waals surface area contributed by atoms with Crippen LogP contribution in [0.4, 0.5) is 5.69 Å². The molecule has 0 radical (unpaired) electrons. The third kappa shape index (κ3) is 2.13. The highest BCUT2D eigenvalue weighted by Gasteiger charge is 2.65. The van der Waals surface area contributed by atoms with E-state index in [1.54, 1.807) is 31.4 Å². The Bertz CT molecular complexity index is 736. The molecule has 2 atom stereocenters. The molecule has 0 N–H and O–H groups in total. The summed E-state index contributed by atoms with van der Waals surface area (Å²) >= 11 is 0. The van der Waals surface area contributed by atoms with Gasteiger partial charge in [0.1, 0.15) is 5.75 Å². The summed E-state index contributed by atoms with van der Waals surface area (Å²) in [6.07, 6.45) is 2.49. The number of benzene rings is 1. The summed E-state index contributed by atoms with van der Waals surface area (Å²) in [5.74, 6) is -1.36. The summed E-state index contributed by atoms with van der Waals surface area (Å²) in [5, 5.41) is 0. The summed E-state index contributed by atoms with van der Waals surface area (Å²) in [4.78, 5) is 39.3. The minimum absolute atomic E-state index is 0.188. The first kappa shape index (κ1) is 16.2. The molecule has 6 nitrogen and oxygen atoms in total. The average molecular weight is 329 g/mol. The van der Waals surface area contributed by atoms with Crippen LogP contribution in [0.1, 0.15) is 19.8 Å². The summed E-state index contributed by atoms with van der Waals surface area (Å²) < 4.78 is 10.0. The average Bonchev–Trinajstić information content (AvgIpc) is 2.82. The van der Waals surface area contributed by atoms with Gasteiger partial charge in [0.15, 0.2) is 5.41 Å². The van der Waals surface area contributed by atoms with E-state index >= 15 is 0 Å². The first-order valence-corrected chi connectivity index (χ1v) is 7.71. The SMILES string of the molecule is COC(=O)[C@]12CC=C(C)C[C@H]1N(c1ccc(OC)cc1)C(=O)C2=O. The molecule has 2 aliphatic rings. The quantitative estimate of drug-likeness (QED) is 0.366. The maximum Gasteiger partial charge on any atom is 0.322 e. The Hall–Kier alpha value is -2.63. The number of allylic oxidation sites excluding steroid dienone is 1. The Morgan fingerprint density at radius 1 is 1.21 bits per heavy atom. The fourth-order valence-corrected chi connectivity index (χ4v) is 3.57. The number of ketones is 1. The Morgan fingerprint density at radius 3 is 2.46 bits per heavy atom. The van der Waals surface area contributed by atoms with Crippen molar-refractivity contribution in [2.24, 2.45) is 5.41 Å². The maximum absolute atomic E-state index is 12.7. The third-order valence-corrected chi connectivity index (χ3v) is 4.89. The van der Waals surface area contributed by atoms with Gasteiger partial charge in [-0.2, -0.15) is 0 Å². The number of carbonyl (C=O) groups is 3. The van der Waals surface area contributed by atoms with Crippen LogP contribution in [0.5, 0.6) is 5.75 Å². The van der Waals surface area contributed by atoms with Crippen LogP contribution in [0.25, 0.3) is 0 Å². The number of hydrogen-bond donors (Lipinski definition) is 0. The minimum atomic E-state index is -1.45. The van der Waals surface area contributed by atoms with Crippen LogP contribution in [0, 0.1) is 5.41 Å². The molecule has 3 rings (SSSR count). The monoisotopic (exact) mass is 329 g/mol. The first-order valence-electron chi connectivity index (χ1n) is 7.71. The van der Waals surface area contributed by atoms with E-state index in [9.17, 15) is 14.4 Å². The Labute approximate surface area is 140 Å². The summed E-state index contributed by atoms with van der Waals surface area (Å²) in [5.41, 5.74) is 0.158. The molecule has 24 heavy (non-hydrogen) atoms. The Morgan fingerprint density at radius 2 is 1.88 bits per heavy atom. The van der Waals surface area contributed by atoms with Crippen LogP contribution >= 0.6 is 0 Å². The number of rotatable bonds is 3. The van der Waals surface area contributed by atoms with E-state index < -0.39 is 29.1 Å². The molecule has 1 aliphatic heterocycles. The molecule has 1 heterocycles. The van der Waals surface area contributed by atoms with Gasteiger partial charge in [0.25, 0.3) is 5.91 Å². The molecule has 0 saturated carbocycles. The van der Waals surface area contributed by atoms with Crippen molar-refractivity contribution in [3.05, 3.63) is 35.9 Å². The van der Waals surface area contributed by atoms with Gasteiger partial charge >= 0.3 is 5.97 Å². The number of esters is 1. The molecule has 0 spiro atoms.